The van der Waals surface area contributed by atoms with Gasteiger partial charge in [0.15, 0.2) is 0 Å². The summed E-state index contributed by atoms with van der Waals surface area (Å²) in [6.07, 6.45) is 2.95. The third-order valence-corrected chi connectivity index (χ3v) is 3.32. The zero-order valence-electron chi connectivity index (χ0n) is 6.97. The van der Waals surface area contributed by atoms with Gasteiger partial charge in [-0.15, -0.1) is 0 Å². The monoisotopic (exact) mass is 150 g/mol. The number of rotatable bonds is 0. The fraction of sp³-hybridized carbons (Fsp3) is 0.700. The molecule has 11 heavy (non-hydrogen) atoms. The maximum absolute atomic E-state index is 11.3. The van der Waals surface area contributed by atoms with E-state index in [4.69, 9.17) is 0 Å². The quantitative estimate of drug-likeness (QED) is 0.484. The van der Waals surface area contributed by atoms with E-state index in [0.717, 1.165) is 19.3 Å². The van der Waals surface area contributed by atoms with E-state index in [2.05, 4.69) is 13.5 Å². The van der Waals surface area contributed by atoms with Gasteiger partial charge in [0.2, 0.25) is 0 Å². The molecule has 0 aromatic rings. The number of ketones is 1. The lowest BCUT2D eigenvalue weighted by atomic mass is 9.97. The lowest BCUT2D eigenvalue weighted by molar-refractivity contribution is -0.120. The van der Waals surface area contributed by atoms with Gasteiger partial charge in [-0.25, -0.2) is 0 Å². The lowest BCUT2D eigenvalue weighted by Crippen LogP contribution is -2.07. The predicted molar refractivity (Wildman–Crippen MR) is 44.1 cm³/mol. The molecule has 1 heteroatoms. The molecule has 3 atom stereocenters. The highest BCUT2D eigenvalue weighted by Crippen LogP contribution is 2.47. The molecule has 0 bridgehead atoms. The average Bonchev–Trinajstić information content (AvgIpc) is 2.43. The van der Waals surface area contributed by atoms with E-state index in [9.17, 15) is 4.79 Å². The van der Waals surface area contributed by atoms with Crippen molar-refractivity contribution in [1.29, 1.82) is 0 Å². The van der Waals surface area contributed by atoms with Crippen molar-refractivity contribution in [2.75, 3.05) is 0 Å². The Kier molecular flexibility index (Phi) is 1.41. The molecule has 3 unspecified atom stereocenters. The van der Waals surface area contributed by atoms with E-state index >= 15 is 0 Å². The van der Waals surface area contributed by atoms with Gasteiger partial charge in [0.1, 0.15) is 5.78 Å². The molecule has 60 valence electrons. The van der Waals surface area contributed by atoms with Gasteiger partial charge in [-0.3, -0.25) is 4.79 Å². The summed E-state index contributed by atoms with van der Waals surface area (Å²) in [5.41, 5.74) is 1.33. The van der Waals surface area contributed by atoms with Gasteiger partial charge >= 0.3 is 0 Å². The van der Waals surface area contributed by atoms with Crippen LogP contribution in [0, 0.1) is 17.8 Å². The number of carbonyl (C=O) groups excluding carboxylic acids is 1. The summed E-state index contributed by atoms with van der Waals surface area (Å²) in [6, 6.07) is 0. The van der Waals surface area contributed by atoms with Crippen LogP contribution < -0.4 is 0 Å². The molecule has 1 nitrogen and oxygen atoms in total. The molecule has 0 spiro atoms. The summed E-state index contributed by atoms with van der Waals surface area (Å²) < 4.78 is 0. The van der Waals surface area contributed by atoms with E-state index in [1.165, 1.54) is 5.57 Å². The fourth-order valence-electron chi connectivity index (χ4n) is 2.55. The molecule has 0 amide bonds. The fourth-order valence-corrected chi connectivity index (χ4v) is 2.55. The molecular weight excluding hydrogens is 136 g/mol. The number of allylic oxidation sites excluding steroid dienone is 1. The van der Waals surface area contributed by atoms with Gasteiger partial charge in [-0.05, 0) is 24.7 Å². The van der Waals surface area contributed by atoms with Gasteiger partial charge in [-0.1, -0.05) is 19.1 Å². The molecule has 2 rings (SSSR count). The van der Waals surface area contributed by atoms with E-state index in [-0.39, 0.29) is 0 Å². The number of hydrogen-bond acceptors (Lipinski definition) is 1. The zero-order valence-corrected chi connectivity index (χ0v) is 6.97. The van der Waals surface area contributed by atoms with Crippen LogP contribution >= 0.6 is 0 Å². The highest BCUT2D eigenvalue weighted by molar-refractivity contribution is 5.84. The molecule has 0 aromatic heterocycles. The van der Waals surface area contributed by atoms with Crippen molar-refractivity contribution in [2.45, 2.75) is 26.2 Å². The Labute approximate surface area is 67.5 Å². The third-order valence-electron chi connectivity index (χ3n) is 3.32. The molecule has 2 aliphatic carbocycles. The maximum atomic E-state index is 11.3. The predicted octanol–water partition coefficient (Wildman–Crippen LogP) is 2.18. The number of hydrogen-bond donors (Lipinski definition) is 0. The van der Waals surface area contributed by atoms with Crippen molar-refractivity contribution in [2.24, 2.45) is 17.8 Å². The zero-order chi connectivity index (χ0) is 8.01. The number of carbonyl (C=O) groups is 1. The second-order valence-electron chi connectivity index (χ2n) is 3.93. The minimum atomic E-state index is 0.359. The summed E-state index contributed by atoms with van der Waals surface area (Å²) in [5, 5.41) is 0. The van der Waals surface area contributed by atoms with Crippen LogP contribution in [-0.2, 0) is 4.79 Å². The first-order valence-corrected chi connectivity index (χ1v) is 4.41. The Bertz CT molecular complexity index is 217. The van der Waals surface area contributed by atoms with Crippen LogP contribution in [0.1, 0.15) is 26.2 Å². The Morgan fingerprint density at radius 1 is 1.45 bits per heavy atom. The maximum Gasteiger partial charge on any atom is 0.136 e. The first-order chi connectivity index (χ1) is 5.20. The summed E-state index contributed by atoms with van der Waals surface area (Å²) in [6.45, 7) is 6.25. The van der Waals surface area contributed by atoms with Crippen LogP contribution in [0.25, 0.3) is 0 Å². The normalized spacial score (nSPS) is 43.2. The van der Waals surface area contributed by atoms with Gasteiger partial charge in [0.25, 0.3) is 0 Å². The third kappa shape index (κ3) is 0.867. The van der Waals surface area contributed by atoms with Crippen molar-refractivity contribution in [3.63, 3.8) is 0 Å². The van der Waals surface area contributed by atoms with Crippen LogP contribution in [0.15, 0.2) is 12.2 Å². The van der Waals surface area contributed by atoms with E-state index in [1.807, 2.05) is 0 Å². The Hall–Kier alpha value is -0.590. The number of fused-ring (bicyclic) bond motifs is 1. The minimum Gasteiger partial charge on any atom is -0.299 e. The molecule has 2 fully saturated rings. The van der Waals surface area contributed by atoms with Crippen molar-refractivity contribution in [3.05, 3.63) is 12.2 Å². The molecule has 0 aromatic carbocycles. The summed E-state index contributed by atoms with van der Waals surface area (Å²) in [7, 11) is 0. The molecule has 0 heterocycles. The molecule has 0 N–H and O–H groups in total. The van der Waals surface area contributed by atoms with Crippen LogP contribution in [0.4, 0.5) is 0 Å². The highest BCUT2D eigenvalue weighted by atomic mass is 16.1. The molecule has 0 saturated heterocycles. The topological polar surface area (TPSA) is 17.1 Å². The van der Waals surface area contributed by atoms with E-state index < -0.39 is 0 Å². The summed E-state index contributed by atoms with van der Waals surface area (Å²) in [4.78, 5) is 11.3. The van der Waals surface area contributed by atoms with Gasteiger partial charge in [-0.2, -0.15) is 0 Å². The van der Waals surface area contributed by atoms with Crippen molar-refractivity contribution < 1.29 is 4.79 Å². The van der Waals surface area contributed by atoms with Gasteiger partial charge in [0.05, 0.1) is 0 Å². The number of Topliss-reactive ketones (excluding diaryl/α,β-unsaturated/α-hetero) is 1. The molecular formula is C10H14O. The van der Waals surface area contributed by atoms with Crippen molar-refractivity contribution in [3.8, 4) is 0 Å². The Morgan fingerprint density at radius 3 is 2.82 bits per heavy atom. The SMILES string of the molecule is C=C1C(C)CC2C(=O)CCC12. The molecule has 0 radical (unpaired) electrons. The van der Waals surface area contributed by atoms with Crippen molar-refractivity contribution in [1.82, 2.24) is 0 Å². The van der Waals surface area contributed by atoms with Gasteiger partial charge in [0, 0.05) is 12.3 Å². The summed E-state index contributed by atoms with van der Waals surface area (Å²) >= 11 is 0. The summed E-state index contributed by atoms with van der Waals surface area (Å²) in [5.74, 6) is 1.99. The standard InChI is InChI=1S/C10H14O/c1-6-5-9-8(7(6)2)3-4-10(9)11/h6,8-9H,2-5H2,1H3. The van der Waals surface area contributed by atoms with Crippen molar-refractivity contribution >= 4 is 5.78 Å². The van der Waals surface area contributed by atoms with E-state index in [0.29, 0.717) is 23.5 Å². The largest absolute Gasteiger partial charge is 0.299 e. The van der Waals surface area contributed by atoms with Gasteiger partial charge < -0.3 is 0 Å². The lowest BCUT2D eigenvalue weighted by Gasteiger charge is -2.07. The van der Waals surface area contributed by atoms with Crippen LogP contribution in [0.5, 0.6) is 0 Å². The molecule has 2 aliphatic rings. The first kappa shape index (κ1) is 7.08. The smallest absolute Gasteiger partial charge is 0.136 e. The minimum absolute atomic E-state index is 0.359. The average molecular weight is 150 g/mol. The Morgan fingerprint density at radius 2 is 2.18 bits per heavy atom. The highest BCUT2D eigenvalue weighted by Gasteiger charge is 2.43. The van der Waals surface area contributed by atoms with Crippen LogP contribution in [0.2, 0.25) is 0 Å². The van der Waals surface area contributed by atoms with E-state index in [1.54, 1.807) is 0 Å². The second kappa shape index (κ2) is 2.20. The van der Waals surface area contributed by atoms with Crippen LogP contribution in [0.3, 0.4) is 0 Å². The molecule has 2 saturated carbocycles. The Balaban J connectivity index is 2.24. The second-order valence-corrected chi connectivity index (χ2v) is 3.93. The van der Waals surface area contributed by atoms with Crippen LogP contribution in [-0.4, -0.2) is 5.78 Å². The first-order valence-electron chi connectivity index (χ1n) is 4.41. The molecule has 0 aliphatic heterocycles.